The standard InChI is InChI=1S/C20H20ClN3O5/c1-13-10-15(23-8-2-3-9-23)5-7-17(13)22-19(25)12-29-20(26)16-6-4-14(21)11-18(16)24(27)28/h4-7,10-11H,2-3,8-9,12H2,1H3,(H,22,25). The zero-order valence-electron chi connectivity index (χ0n) is 15.8. The number of esters is 1. The van der Waals surface area contributed by atoms with Crippen molar-refractivity contribution in [3.8, 4) is 0 Å². The number of nitrogens with zero attached hydrogens (tertiary/aromatic N) is 2. The number of hydrogen-bond donors (Lipinski definition) is 1. The van der Waals surface area contributed by atoms with Gasteiger partial charge in [0, 0.05) is 35.6 Å². The molecule has 1 N–H and O–H groups in total. The van der Waals surface area contributed by atoms with Gasteiger partial charge in [-0.25, -0.2) is 4.79 Å². The Morgan fingerprint density at radius 2 is 1.93 bits per heavy atom. The topological polar surface area (TPSA) is 102 Å². The van der Waals surface area contributed by atoms with Crippen molar-refractivity contribution in [1.82, 2.24) is 0 Å². The molecule has 0 unspecified atom stereocenters. The van der Waals surface area contributed by atoms with Crippen molar-refractivity contribution >= 4 is 40.5 Å². The van der Waals surface area contributed by atoms with Crippen molar-refractivity contribution < 1.29 is 19.2 Å². The molecule has 0 bridgehead atoms. The van der Waals surface area contributed by atoms with Gasteiger partial charge in [0.05, 0.1) is 4.92 Å². The molecule has 0 atom stereocenters. The highest BCUT2D eigenvalue weighted by molar-refractivity contribution is 6.31. The van der Waals surface area contributed by atoms with Crippen molar-refractivity contribution in [2.24, 2.45) is 0 Å². The van der Waals surface area contributed by atoms with Gasteiger partial charge in [0.1, 0.15) is 5.56 Å². The fraction of sp³-hybridized carbons (Fsp3) is 0.300. The predicted octanol–water partition coefficient (Wildman–Crippen LogP) is 3.95. The minimum Gasteiger partial charge on any atom is -0.452 e. The van der Waals surface area contributed by atoms with Crippen LogP contribution in [0.4, 0.5) is 17.1 Å². The number of hydrogen-bond acceptors (Lipinski definition) is 6. The monoisotopic (exact) mass is 417 g/mol. The zero-order valence-corrected chi connectivity index (χ0v) is 16.6. The highest BCUT2D eigenvalue weighted by Gasteiger charge is 2.22. The van der Waals surface area contributed by atoms with Gasteiger partial charge < -0.3 is 15.0 Å². The van der Waals surface area contributed by atoms with E-state index in [0.717, 1.165) is 30.4 Å². The van der Waals surface area contributed by atoms with Gasteiger partial charge >= 0.3 is 5.97 Å². The molecule has 0 saturated carbocycles. The molecule has 152 valence electrons. The van der Waals surface area contributed by atoms with E-state index in [4.69, 9.17) is 16.3 Å². The minimum absolute atomic E-state index is 0.124. The smallest absolute Gasteiger partial charge is 0.345 e. The molecular formula is C20H20ClN3O5. The second kappa shape index (κ2) is 8.91. The van der Waals surface area contributed by atoms with Crippen LogP contribution in [0.2, 0.25) is 5.02 Å². The Morgan fingerprint density at radius 1 is 1.21 bits per heavy atom. The maximum atomic E-state index is 12.2. The molecule has 1 aliphatic heterocycles. The Labute approximate surface area is 172 Å². The predicted molar refractivity (Wildman–Crippen MR) is 110 cm³/mol. The first kappa shape index (κ1) is 20.6. The van der Waals surface area contributed by atoms with E-state index in [1.165, 1.54) is 25.0 Å². The molecule has 1 amide bonds. The van der Waals surface area contributed by atoms with E-state index >= 15 is 0 Å². The van der Waals surface area contributed by atoms with Crippen molar-refractivity contribution in [2.45, 2.75) is 19.8 Å². The highest BCUT2D eigenvalue weighted by Crippen LogP contribution is 2.26. The summed E-state index contributed by atoms with van der Waals surface area (Å²) in [5.74, 6) is -1.50. The molecule has 8 nitrogen and oxygen atoms in total. The maximum Gasteiger partial charge on any atom is 0.345 e. The first-order chi connectivity index (χ1) is 13.8. The largest absolute Gasteiger partial charge is 0.452 e. The summed E-state index contributed by atoms with van der Waals surface area (Å²) in [7, 11) is 0. The number of anilines is 2. The van der Waals surface area contributed by atoms with Crippen LogP contribution in [0.3, 0.4) is 0 Å². The first-order valence-corrected chi connectivity index (χ1v) is 9.49. The van der Waals surface area contributed by atoms with Crippen LogP contribution in [0.5, 0.6) is 0 Å². The van der Waals surface area contributed by atoms with Gasteiger partial charge in [-0.1, -0.05) is 11.6 Å². The third-order valence-corrected chi connectivity index (χ3v) is 4.90. The minimum atomic E-state index is -0.968. The SMILES string of the molecule is Cc1cc(N2CCCC2)ccc1NC(=O)COC(=O)c1ccc(Cl)cc1[N+](=O)[O-]. The van der Waals surface area contributed by atoms with Gasteiger partial charge in [-0.3, -0.25) is 14.9 Å². The van der Waals surface area contributed by atoms with Gasteiger partial charge in [-0.15, -0.1) is 0 Å². The van der Waals surface area contributed by atoms with Gasteiger partial charge in [0.25, 0.3) is 11.6 Å². The van der Waals surface area contributed by atoms with Crippen molar-refractivity contribution in [3.05, 3.63) is 62.7 Å². The summed E-state index contributed by atoms with van der Waals surface area (Å²) in [5.41, 5.74) is 1.88. The second-order valence-corrected chi connectivity index (χ2v) is 7.17. The number of nitro benzene ring substituents is 1. The number of benzene rings is 2. The molecule has 0 radical (unpaired) electrons. The third kappa shape index (κ3) is 5.03. The Balaban J connectivity index is 1.60. The molecule has 1 heterocycles. The summed E-state index contributed by atoms with van der Waals surface area (Å²) in [4.78, 5) is 36.9. The van der Waals surface area contributed by atoms with Gasteiger partial charge in [-0.05, 0) is 55.7 Å². The quantitative estimate of drug-likeness (QED) is 0.433. The van der Waals surface area contributed by atoms with Crippen LogP contribution < -0.4 is 10.2 Å². The Kier molecular flexibility index (Phi) is 6.33. The number of aryl methyl sites for hydroxylation is 1. The molecule has 0 aliphatic carbocycles. The van der Waals surface area contributed by atoms with Crippen LogP contribution in [-0.2, 0) is 9.53 Å². The fourth-order valence-corrected chi connectivity index (χ4v) is 3.35. The van der Waals surface area contributed by atoms with Crippen LogP contribution in [0.15, 0.2) is 36.4 Å². The van der Waals surface area contributed by atoms with Gasteiger partial charge in [-0.2, -0.15) is 0 Å². The number of rotatable bonds is 6. The van der Waals surface area contributed by atoms with E-state index < -0.39 is 29.1 Å². The summed E-state index contributed by atoms with van der Waals surface area (Å²) < 4.78 is 4.93. The number of amides is 1. The molecule has 2 aromatic rings. The van der Waals surface area contributed by atoms with E-state index in [-0.39, 0.29) is 10.6 Å². The molecule has 1 saturated heterocycles. The summed E-state index contributed by atoms with van der Waals surface area (Å²) in [6.45, 7) is 3.38. The van der Waals surface area contributed by atoms with Crippen LogP contribution in [0, 0.1) is 17.0 Å². The van der Waals surface area contributed by atoms with Crippen LogP contribution in [0.25, 0.3) is 0 Å². The van der Waals surface area contributed by atoms with Crippen molar-refractivity contribution in [3.63, 3.8) is 0 Å². The second-order valence-electron chi connectivity index (χ2n) is 6.74. The van der Waals surface area contributed by atoms with E-state index in [9.17, 15) is 19.7 Å². The highest BCUT2D eigenvalue weighted by atomic mass is 35.5. The van der Waals surface area contributed by atoms with Crippen LogP contribution in [0.1, 0.15) is 28.8 Å². The summed E-state index contributed by atoms with van der Waals surface area (Å²) >= 11 is 5.73. The number of nitrogens with one attached hydrogen (secondary N) is 1. The molecular weight excluding hydrogens is 398 g/mol. The summed E-state index contributed by atoms with van der Waals surface area (Å²) in [5, 5.41) is 13.9. The Bertz CT molecular complexity index is 957. The zero-order chi connectivity index (χ0) is 21.0. The van der Waals surface area contributed by atoms with Crippen molar-refractivity contribution in [2.75, 3.05) is 29.9 Å². The van der Waals surface area contributed by atoms with Crippen LogP contribution in [-0.4, -0.2) is 36.5 Å². The number of carbonyl (C=O) groups is 2. The van der Waals surface area contributed by atoms with Crippen molar-refractivity contribution in [1.29, 1.82) is 0 Å². The van der Waals surface area contributed by atoms with Gasteiger partial charge in [0.15, 0.2) is 6.61 Å². The number of carbonyl (C=O) groups excluding carboxylic acids is 2. The van der Waals surface area contributed by atoms with Gasteiger partial charge in [0.2, 0.25) is 0 Å². The molecule has 0 aromatic heterocycles. The van der Waals surface area contributed by atoms with E-state index in [1.807, 2.05) is 25.1 Å². The lowest BCUT2D eigenvalue weighted by atomic mass is 10.1. The first-order valence-electron chi connectivity index (χ1n) is 9.11. The van der Waals surface area contributed by atoms with E-state index in [0.29, 0.717) is 5.69 Å². The molecule has 1 fully saturated rings. The lowest BCUT2D eigenvalue weighted by Gasteiger charge is -2.19. The average molecular weight is 418 g/mol. The number of nitro groups is 1. The number of ether oxygens (including phenoxy) is 1. The summed E-state index contributed by atoms with van der Waals surface area (Å²) in [6, 6.07) is 9.36. The normalized spacial score (nSPS) is 13.2. The van der Waals surface area contributed by atoms with Crippen LogP contribution >= 0.6 is 11.6 Å². The molecule has 1 aliphatic rings. The lowest BCUT2D eigenvalue weighted by molar-refractivity contribution is -0.385. The summed E-state index contributed by atoms with van der Waals surface area (Å²) in [6.07, 6.45) is 2.35. The molecule has 9 heteroatoms. The van der Waals surface area contributed by atoms with E-state index in [1.54, 1.807) is 0 Å². The molecule has 0 spiro atoms. The Hall–Kier alpha value is -3.13. The molecule has 3 rings (SSSR count). The Morgan fingerprint density at radius 3 is 2.59 bits per heavy atom. The average Bonchev–Trinajstić information content (AvgIpc) is 3.22. The lowest BCUT2D eigenvalue weighted by Crippen LogP contribution is -2.22. The third-order valence-electron chi connectivity index (χ3n) is 4.67. The molecule has 29 heavy (non-hydrogen) atoms. The number of halogens is 1. The maximum absolute atomic E-state index is 12.2. The molecule has 2 aromatic carbocycles. The fourth-order valence-electron chi connectivity index (χ4n) is 3.18. The van der Waals surface area contributed by atoms with E-state index in [2.05, 4.69) is 10.2 Å².